The third-order valence-electron chi connectivity index (χ3n) is 3.94. The first-order chi connectivity index (χ1) is 11.5. The average molecular weight is 351 g/mol. The fraction of sp³-hybridized carbons (Fsp3) is 0.722. The molecule has 1 amide bonds. The third-order valence-corrected chi connectivity index (χ3v) is 3.94. The van der Waals surface area contributed by atoms with Gasteiger partial charge in [-0.15, -0.1) is 0 Å². The number of likely N-dealkylation sites (tertiary alicyclic amines) is 1. The van der Waals surface area contributed by atoms with Crippen molar-refractivity contribution in [1.29, 1.82) is 0 Å². The minimum atomic E-state index is -0.530. The van der Waals surface area contributed by atoms with Crippen LogP contribution in [0.15, 0.2) is 10.6 Å². The lowest BCUT2D eigenvalue weighted by Gasteiger charge is -2.25. The molecule has 0 saturated carbocycles. The highest BCUT2D eigenvalue weighted by molar-refractivity contribution is 5.94. The first kappa shape index (κ1) is 19.4. The number of carbonyl (C=O) groups excluding carboxylic acids is 2. The zero-order valence-corrected chi connectivity index (χ0v) is 16.0. The Morgan fingerprint density at radius 2 is 2.00 bits per heavy atom. The SMILES string of the molecule is CC(C)(C)OC(=O)CN1CCCC1C(=O)Nc1cc(C(C)(C)C)no1. The molecule has 0 aromatic carbocycles. The number of esters is 1. The van der Waals surface area contributed by atoms with Crippen molar-refractivity contribution in [2.75, 3.05) is 18.4 Å². The number of hydrogen-bond acceptors (Lipinski definition) is 6. The summed E-state index contributed by atoms with van der Waals surface area (Å²) in [4.78, 5) is 26.4. The Balaban J connectivity index is 1.96. The molecule has 1 unspecified atom stereocenters. The van der Waals surface area contributed by atoms with Crippen molar-refractivity contribution in [2.24, 2.45) is 0 Å². The molecule has 0 radical (unpaired) electrons. The van der Waals surface area contributed by atoms with E-state index in [2.05, 4.69) is 10.5 Å². The maximum absolute atomic E-state index is 12.6. The summed E-state index contributed by atoms with van der Waals surface area (Å²) in [6.45, 7) is 12.4. The highest BCUT2D eigenvalue weighted by Gasteiger charge is 2.33. The van der Waals surface area contributed by atoms with Gasteiger partial charge in [-0.3, -0.25) is 19.8 Å². The summed E-state index contributed by atoms with van der Waals surface area (Å²) in [6, 6.07) is 1.38. The standard InChI is InChI=1S/C18H29N3O4/c1-17(2,3)13-10-14(25-20-13)19-16(23)12-8-7-9-21(12)11-15(22)24-18(4,5)6/h10,12H,7-9,11H2,1-6H3,(H,19,23). The number of nitrogens with one attached hydrogen (secondary N) is 1. The van der Waals surface area contributed by atoms with Gasteiger partial charge in [-0.2, -0.15) is 0 Å². The fourth-order valence-corrected chi connectivity index (χ4v) is 2.74. The monoisotopic (exact) mass is 351 g/mol. The van der Waals surface area contributed by atoms with E-state index in [1.807, 2.05) is 46.4 Å². The minimum Gasteiger partial charge on any atom is -0.459 e. The second-order valence-electron chi connectivity index (χ2n) is 8.53. The van der Waals surface area contributed by atoms with Gasteiger partial charge in [0.2, 0.25) is 11.8 Å². The highest BCUT2D eigenvalue weighted by atomic mass is 16.6. The lowest BCUT2D eigenvalue weighted by atomic mass is 9.92. The van der Waals surface area contributed by atoms with Crippen LogP contribution in [-0.2, 0) is 19.7 Å². The summed E-state index contributed by atoms with van der Waals surface area (Å²) in [7, 11) is 0. The maximum Gasteiger partial charge on any atom is 0.320 e. The number of carbonyl (C=O) groups is 2. The molecule has 0 spiro atoms. The Kier molecular flexibility index (Phi) is 5.56. The lowest BCUT2D eigenvalue weighted by Crippen LogP contribution is -2.43. The average Bonchev–Trinajstić information content (AvgIpc) is 3.04. The molecule has 1 atom stereocenters. The first-order valence-electron chi connectivity index (χ1n) is 8.70. The summed E-state index contributed by atoms with van der Waals surface area (Å²) in [5, 5.41) is 6.76. The molecule has 1 aromatic heterocycles. The summed E-state index contributed by atoms with van der Waals surface area (Å²) in [6.07, 6.45) is 1.57. The minimum absolute atomic E-state index is 0.110. The smallest absolute Gasteiger partial charge is 0.320 e. The molecule has 1 N–H and O–H groups in total. The van der Waals surface area contributed by atoms with Crippen LogP contribution in [0.1, 0.15) is 60.1 Å². The molecule has 1 aliphatic rings. The summed E-state index contributed by atoms with van der Waals surface area (Å²) < 4.78 is 10.6. The predicted molar refractivity (Wildman–Crippen MR) is 94.3 cm³/mol. The van der Waals surface area contributed by atoms with Crippen LogP contribution in [0.5, 0.6) is 0 Å². The largest absolute Gasteiger partial charge is 0.459 e. The Hall–Kier alpha value is -1.89. The molecule has 1 fully saturated rings. The van der Waals surface area contributed by atoms with Crippen LogP contribution >= 0.6 is 0 Å². The number of rotatable bonds is 4. The van der Waals surface area contributed by atoms with Crippen LogP contribution < -0.4 is 5.32 Å². The normalized spacial score (nSPS) is 19.0. The molecule has 25 heavy (non-hydrogen) atoms. The Bertz CT molecular complexity index is 625. The van der Waals surface area contributed by atoms with E-state index in [4.69, 9.17) is 9.26 Å². The molecule has 1 saturated heterocycles. The fourth-order valence-electron chi connectivity index (χ4n) is 2.74. The van der Waals surface area contributed by atoms with Crippen molar-refractivity contribution in [3.05, 3.63) is 11.8 Å². The van der Waals surface area contributed by atoms with E-state index < -0.39 is 5.60 Å². The molecule has 0 aliphatic carbocycles. The molecular weight excluding hydrogens is 322 g/mol. The quantitative estimate of drug-likeness (QED) is 0.840. The van der Waals surface area contributed by atoms with Gasteiger partial charge in [-0.1, -0.05) is 25.9 Å². The van der Waals surface area contributed by atoms with Crippen molar-refractivity contribution in [3.63, 3.8) is 0 Å². The van der Waals surface area contributed by atoms with Crippen LogP contribution in [0.4, 0.5) is 5.88 Å². The second kappa shape index (κ2) is 7.15. The second-order valence-corrected chi connectivity index (χ2v) is 8.53. The van der Waals surface area contributed by atoms with Crippen LogP contribution in [-0.4, -0.2) is 46.7 Å². The van der Waals surface area contributed by atoms with E-state index in [9.17, 15) is 9.59 Å². The molecule has 1 aromatic rings. The van der Waals surface area contributed by atoms with E-state index in [1.54, 1.807) is 6.07 Å². The Labute approximate surface area is 149 Å². The molecule has 0 bridgehead atoms. The summed E-state index contributed by atoms with van der Waals surface area (Å²) in [5.74, 6) is -0.168. The van der Waals surface area contributed by atoms with Crippen LogP contribution in [0.3, 0.4) is 0 Å². The van der Waals surface area contributed by atoms with Gasteiger partial charge in [0.15, 0.2) is 0 Å². The first-order valence-corrected chi connectivity index (χ1v) is 8.70. The van der Waals surface area contributed by atoms with E-state index in [0.717, 1.165) is 12.1 Å². The van der Waals surface area contributed by atoms with Gasteiger partial charge in [0, 0.05) is 11.5 Å². The number of amides is 1. The Morgan fingerprint density at radius 1 is 1.32 bits per heavy atom. The highest BCUT2D eigenvalue weighted by Crippen LogP contribution is 2.25. The number of aromatic nitrogens is 1. The Morgan fingerprint density at radius 3 is 2.56 bits per heavy atom. The molecule has 2 heterocycles. The van der Waals surface area contributed by atoms with Gasteiger partial charge in [-0.05, 0) is 40.2 Å². The van der Waals surface area contributed by atoms with E-state index in [0.29, 0.717) is 18.8 Å². The molecule has 2 rings (SSSR count). The zero-order chi connectivity index (χ0) is 18.8. The van der Waals surface area contributed by atoms with Crippen LogP contribution in [0.25, 0.3) is 0 Å². The number of nitrogens with zero attached hydrogens (tertiary/aromatic N) is 2. The molecule has 1 aliphatic heterocycles. The summed E-state index contributed by atoms with van der Waals surface area (Å²) >= 11 is 0. The topological polar surface area (TPSA) is 84.7 Å². The molecule has 7 heteroatoms. The molecular formula is C18H29N3O4. The molecule has 7 nitrogen and oxygen atoms in total. The van der Waals surface area contributed by atoms with Gasteiger partial charge in [0.25, 0.3) is 0 Å². The van der Waals surface area contributed by atoms with Crippen LogP contribution in [0, 0.1) is 0 Å². The van der Waals surface area contributed by atoms with Gasteiger partial charge in [-0.25, -0.2) is 0 Å². The predicted octanol–water partition coefficient (Wildman–Crippen LogP) is 2.72. The van der Waals surface area contributed by atoms with Gasteiger partial charge in [0.05, 0.1) is 18.3 Å². The maximum atomic E-state index is 12.6. The third kappa shape index (κ3) is 5.56. The number of hydrogen-bond donors (Lipinski definition) is 1. The number of anilines is 1. The van der Waals surface area contributed by atoms with Crippen molar-refractivity contribution in [1.82, 2.24) is 10.1 Å². The summed E-state index contributed by atoms with van der Waals surface area (Å²) in [5.41, 5.74) is 0.0974. The van der Waals surface area contributed by atoms with E-state index in [1.165, 1.54) is 0 Å². The van der Waals surface area contributed by atoms with E-state index >= 15 is 0 Å². The van der Waals surface area contributed by atoms with E-state index in [-0.39, 0.29) is 29.9 Å². The van der Waals surface area contributed by atoms with Gasteiger partial charge < -0.3 is 9.26 Å². The lowest BCUT2D eigenvalue weighted by molar-refractivity contribution is -0.156. The zero-order valence-electron chi connectivity index (χ0n) is 16.0. The van der Waals surface area contributed by atoms with Crippen molar-refractivity contribution in [3.8, 4) is 0 Å². The van der Waals surface area contributed by atoms with Gasteiger partial charge in [0.1, 0.15) is 5.60 Å². The molecule has 140 valence electrons. The van der Waals surface area contributed by atoms with Crippen molar-refractivity contribution >= 4 is 17.8 Å². The number of ether oxygens (including phenoxy) is 1. The van der Waals surface area contributed by atoms with Crippen molar-refractivity contribution in [2.45, 2.75) is 71.4 Å². The van der Waals surface area contributed by atoms with Crippen molar-refractivity contribution < 1.29 is 18.8 Å². The van der Waals surface area contributed by atoms with Gasteiger partial charge >= 0.3 is 5.97 Å². The van der Waals surface area contributed by atoms with Crippen LogP contribution in [0.2, 0.25) is 0 Å².